The number of likely N-dealkylation sites (tertiary alicyclic amines) is 1. The third-order valence-corrected chi connectivity index (χ3v) is 6.39. The summed E-state index contributed by atoms with van der Waals surface area (Å²) in [4.78, 5) is 6.05. The van der Waals surface area contributed by atoms with Crippen molar-refractivity contribution in [1.82, 2.24) is 9.88 Å². The highest BCUT2D eigenvalue weighted by molar-refractivity contribution is 6.35. The largest absolute Gasteiger partial charge is 0.393 e. The van der Waals surface area contributed by atoms with E-state index in [1.807, 2.05) is 12.1 Å². The van der Waals surface area contributed by atoms with Crippen LogP contribution in [-0.4, -0.2) is 34.2 Å². The van der Waals surface area contributed by atoms with Gasteiger partial charge in [0.15, 0.2) is 0 Å². The summed E-state index contributed by atoms with van der Waals surface area (Å²) in [6.45, 7) is 5.24. The Kier molecular flexibility index (Phi) is 3.91. The average molecular weight is 333 g/mol. The number of aromatic amines is 1. The molecule has 0 amide bonds. The molecule has 23 heavy (non-hydrogen) atoms. The fraction of sp³-hybridized carbons (Fsp3) is 0.579. The van der Waals surface area contributed by atoms with Gasteiger partial charge in [0, 0.05) is 29.6 Å². The van der Waals surface area contributed by atoms with Crippen molar-refractivity contribution < 1.29 is 5.11 Å². The van der Waals surface area contributed by atoms with Crippen molar-refractivity contribution in [2.24, 2.45) is 5.41 Å². The van der Waals surface area contributed by atoms with Gasteiger partial charge in [-0.3, -0.25) is 4.90 Å². The molecule has 2 N–H and O–H groups in total. The van der Waals surface area contributed by atoms with Crippen LogP contribution in [0, 0.1) is 12.3 Å². The Bertz CT molecular complexity index is 725. The lowest BCUT2D eigenvalue weighted by atomic mass is 9.76. The number of rotatable bonds is 2. The summed E-state index contributed by atoms with van der Waals surface area (Å²) in [5, 5.41) is 12.5. The fourth-order valence-electron chi connectivity index (χ4n) is 4.74. The zero-order valence-electron chi connectivity index (χ0n) is 13.7. The molecule has 3 nitrogen and oxygen atoms in total. The molecule has 0 radical (unpaired) electrons. The van der Waals surface area contributed by atoms with Gasteiger partial charge in [0.05, 0.1) is 16.6 Å². The van der Waals surface area contributed by atoms with E-state index in [0.29, 0.717) is 0 Å². The van der Waals surface area contributed by atoms with Gasteiger partial charge >= 0.3 is 0 Å². The molecular formula is C19H25ClN2O. The summed E-state index contributed by atoms with van der Waals surface area (Å²) in [5.74, 6) is 0. The topological polar surface area (TPSA) is 39.3 Å². The molecule has 1 spiro atoms. The zero-order valence-corrected chi connectivity index (χ0v) is 14.5. The molecule has 4 rings (SSSR count). The average Bonchev–Trinajstić information content (AvgIpc) is 3.03. The highest BCUT2D eigenvalue weighted by Gasteiger charge is 2.44. The Balaban J connectivity index is 1.58. The van der Waals surface area contributed by atoms with E-state index in [1.54, 1.807) is 0 Å². The van der Waals surface area contributed by atoms with Crippen molar-refractivity contribution in [3.63, 3.8) is 0 Å². The SMILES string of the molecule is Cc1c(CN2CCC[C@@]3(CCC[C@H]3O)C2)[nH]c2c(Cl)cccc12. The minimum Gasteiger partial charge on any atom is -0.393 e. The third kappa shape index (κ3) is 2.59. The van der Waals surface area contributed by atoms with Crippen molar-refractivity contribution in [1.29, 1.82) is 0 Å². The Labute approximate surface area is 142 Å². The number of fused-ring (bicyclic) bond motifs is 1. The van der Waals surface area contributed by atoms with Crippen LogP contribution in [0.25, 0.3) is 10.9 Å². The van der Waals surface area contributed by atoms with Crippen LogP contribution in [0.4, 0.5) is 0 Å². The van der Waals surface area contributed by atoms with Gasteiger partial charge in [0.25, 0.3) is 0 Å². The second kappa shape index (κ2) is 5.80. The number of nitrogens with zero attached hydrogens (tertiary/aromatic N) is 1. The summed E-state index contributed by atoms with van der Waals surface area (Å²) < 4.78 is 0. The van der Waals surface area contributed by atoms with E-state index in [9.17, 15) is 5.11 Å². The van der Waals surface area contributed by atoms with Crippen LogP contribution in [0.5, 0.6) is 0 Å². The Morgan fingerprint density at radius 2 is 2.17 bits per heavy atom. The number of aromatic nitrogens is 1. The van der Waals surface area contributed by atoms with Crippen LogP contribution in [0.3, 0.4) is 0 Å². The van der Waals surface area contributed by atoms with E-state index in [1.165, 1.54) is 42.3 Å². The molecule has 0 bridgehead atoms. The molecule has 1 aromatic heterocycles. The van der Waals surface area contributed by atoms with Gasteiger partial charge in [-0.1, -0.05) is 30.2 Å². The molecule has 2 aliphatic rings. The van der Waals surface area contributed by atoms with Gasteiger partial charge in [-0.25, -0.2) is 0 Å². The molecule has 0 unspecified atom stereocenters. The van der Waals surface area contributed by atoms with Crippen LogP contribution in [0.2, 0.25) is 5.02 Å². The number of piperidine rings is 1. The molecule has 2 atom stereocenters. The van der Waals surface area contributed by atoms with Crippen LogP contribution in [-0.2, 0) is 6.54 Å². The first kappa shape index (κ1) is 15.5. The quantitative estimate of drug-likeness (QED) is 0.862. The minimum absolute atomic E-state index is 0.108. The van der Waals surface area contributed by atoms with Gasteiger partial charge < -0.3 is 10.1 Å². The minimum atomic E-state index is -0.108. The summed E-state index contributed by atoms with van der Waals surface area (Å²) in [6, 6.07) is 6.09. The number of aliphatic hydroxyl groups is 1. The normalized spacial score (nSPS) is 28.9. The number of H-pyrrole nitrogens is 1. The smallest absolute Gasteiger partial charge is 0.0648 e. The first-order valence-corrected chi connectivity index (χ1v) is 9.13. The maximum absolute atomic E-state index is 10.4. The lowest BCUT2D eigenvalue weighted by molar-refractivity contribution is -0.0123. The van der Waals surface area contributed by atoms with Crippen molar-refractivity contribution >= 4 is 22.5 Å². The first-order chi connectivity index (χ1) is 11.1. The fourth-order valence-corrected chi connectivity index (χ4v) is 4.96. The molecular weight excluding hydrogens is 308 g/mol. The number of benzene rings is 1. The molecule has 124 valence electrons. The molecule has 4 heteroatoms. The summed E-state index contributed by atoms with van der Waals surface area (Å²) in [7, 11) is 0. The lowest BCUT2D eigenvalue weighted by Gasteiger charge is -2.42. The van der Waals surface area contributed by atoms with E-state index in [0.717, 1.165) is 36.6 Å². The molecule has 2 heterocycles. The summed E-state index contributed by atoms with van der Waals surface area (Å²) >= 11 is 6.32. The third-order valence-electron chi connectivity index (χ3n) is 6.07. The van der Waals surface area contributed by atoms with E-state index < -0.39 is 0 Å². The van der Waals surface area contributed by atoms with Gasteiger partial charge in [0.1, 0.15) is 0 Å². The lowest BCUT2D eigenvalue weighted by Crippen LogP contribution is -2.46. The zero-order chi connectivity index (χ0) is 16.0. The Morgan fingerprint density at radius 1 is 1.35 bits per heavy atom. The van der Waals surface area contributed by atoms with Crippen molar-refractivity contribution in [3.05, 3.63) is 34.5 Å². The number of hydrogen-bond acceptors (Lipinski definition) is 2. The summed E-state index contributed by atoms with van der Waals surface area (Å²) in [6.07, 6.45) is 5.61. The van der Waals surface area contributed by atoms with E-state index in [2.05, 4.69) is 22.9 Å². The van der Waals surface area contributed by atoms with E-state index >= 15 is 0 Å². The van der Waals surface area contributed by atoms with Crippen molar-refractivity contribution in [3.8, 4) is 0 Å². The van der Waals surface area contributed by atoms with E-state index in [4.69, 9.17) is 11.6 Å². The van der Waals surface area contributed by atoms with Gasteiger partial charge in [-0.2, -0.15) is 0 Å². The van der Waals surface area contributed by atoms with Crippen molar-refractivity contribution in [2.75, 3.05) is 13.1 Å². The van der Waals surface area contributed by atoms with Crippen LogP contribution >= 0.6 is 11.6 Å². The Hall–Kier alpha value is -1.03. The molecule has 1 saturated carbocycles. The van der Waals surface area contributed by atoms with E-state index in [-0.39, 0.29) is 11.5 Å². The van der Waals surface area contributed by atoms with Crippen LogP contribution in [0.1, 0.15) is 43.4 Å². The maximum Gasteiger partial charge on any atom is 0.0648 e. The Morgan fingerprint density at radius 3 is 2.91 bits per heavy atom. The molecule has 1 aliphatic carbocycles. The number of hydrogen-bond donors (Lipinski definition) is 2. The summed E-state index contributed by atoms with van der Waals surface area (Å²) in [5.41, 5.74) is 3.76. The number of aliphatic hydroxyl groups excluding tert-OH is 1. The highest BCUT2D eigenvalue weighted by atomic mass is 35.5. The monoisotopic (exact) mass is 332 g/mol. The van der Waals surface area contributed by atoms with Crippen molar-refractivity contribution in [2.45, 2.75) is 51.7 Å². The molecule has 1 saturated heterocycles. The predicted octanol–water partition coefficient (Wildman–Crippen LogP) is 4.26. The molecule has 2 fully saturated rings. The predicted molar refractivity (Wildman–Crippen MR) is 94.8 cm³/mol. The van der Waals surface area contributed by atoms with Gasteiger partial charge in [0.2, 0.25) is 0 Å². The van der Waals surface area contributed by atoms with Gasteiger partial charge in [-0.15, -0.1) is 0 Å². The molecule has 2 aromatic rings. The van der Waals surface area contributed by atoms with Gasteiger partial charge in [-0.05, 0) is 50.8 Å². The van der Waals surface area contributed by atoms with Crippen LogP contribution < -0.4 is 0 Å². The number of nitrogens with one attached hydrogen (secondary N) is 1. The first-order valence-electron chi connectivity index (χ1n) is 8.75. The number of halogens is 1. The second-order valence-electron chi connectivity index (χ2n) is 7.48. The standard InChI is InChI=1S/C19H25ClN2O/c1-13-14-5-2-6-15(20)18(14)21-16(13)11-22-10-4-9-19(12-22)8-3-7-17(19)23/h2,5-6,17,21,23H,3-4,7-12H2,1H3/t17-,19+/m1/s1. The second-order valence-corrected chi connectivity index (χ2v) is 7.88. The highest BCUT2D eigenvalue weighted by Crippen LogP contribution is 2.45. The number of aryl methyl sites for hydroxylation is 1. The maximum atomic E-state index is 10.4. The van der Waals surface area contributed by atoms with Crippen LogP contribution in [0.15, 0.2) is 18.2 Å². The number of para-hydroxylation sites is 1. The molecule has 1 aromatic carbocycles. The molecule has 1 aliphatic heterocycles.